The molecule has 1 aromatic carbocycles. The number of carbonyl (C=O) groups excluding carboxylic acids is 1. The highest BCUT2D eigenvalue weighted by Gasteiger charge is 2.21. The van der Waals surface area contributed by atoms with Gasteiger partial charge >= 0.3 is 5.97 Å². The number of hydrogen-bond acceptors (Lipinski definition) is 3. The lowest BCUT2D eigenvalue weighted by atomic mass is 10.1. The number of hydrogen-bond donors (Lipinski definition) is 0. The number of ether oxygens (including phenoxy) is 2. The minimum Gasteiger partial charge on any atom is -0.490 e. The van der Waals surface area contributed by atoms with E-state index in [9.17, 15) is 4.79 Å². The van der Waals surface area contributed by atoms with Crippen molar-refractivity contribution in [2.45, 2.75) is 45.8 Å². The first-order valence-electron chi connectivity index (χ1n) is 6.21. The summed E-state index contributed by atoms with van der Waals surface area (Å²) in [5.41, 5.74) is 1.60. The molecule has 0 aromatic heterocycles. The number of carbonyl (C=O) groups is 1. The molecule has 1 aromatic rings. The van der Waals surface area contributed by atoms with Crippen molar-refractivity contribution in [2.75, 3.05) is 0 Å². The molecule has 0 N–H and O–H groups in total. The number of cyclic esters (lactones) is 1. The molecule has 17 heavy (non-hydrogen) atoms. The number of fused-ring (bicyclic) bond motifs is 1. The summed E-state index contributed by atoms with van der Waals surface area (Å²) < 4.78 is 10.9. The van der Waals surface area contributed by atoms with Crippen molar-refractivity contribution in [3.05, 3.63) is 29.3 Å². The summed E-state index contributed by atoms with van der Waals surface area (Å²) in [5.74, 6) is 0.606. The molecule has 0 bridgehead atoms. The maximum absolute atomic E-state index is 11.3. The molecule has 2 rings (SSSR count). The Morgan fingerprint density at radius 3 is 2.94 bits per heavy atom. The Kier molecular flexibility index (Phi) is 3.67. The second-order valence-electron chi connectivity index (χ2n) is 4.33. The largest absolute Gasteiger partial charge is 0.490 e. The standard InChI is InChI=1S/C14H18O3/c1-3-5-11(4-2)17-12-6-7-13-10(8-12)9-16-14(13)15/h6-8,11H,3-5,9H2,1-2H3. The van der Waals surface area contributed by atoms with Gasteiger partial charge in [0.25, 0.3) is 0 Å². The first-order valence-corrected chi connectivity index (χ1v) is 6.21. The predicted molar refractivity (Wildman–Crippen MR) is 65.2 cm³/mol. The van der Waals surface area contributed by atoms with Crippen LogP contribution in [-0.4, -0.2) is 12.1 Å². The fourth-order valence-electron chi connectivity index (χ4n) is 2.04. The van der Waals surface area contributed by atoms with E-state index < -0.39 is 0 Å². The normalized spacial score (nSPS) is 15.3. The molecule has 92 valence electrons. The predicted octanol–water partition coefficient (Wildman–Crippen LogP) is 3.31. The average Bonchev–Trinajstić information content (AvgIpc) is 2.70. The van der Waals surface area contributed by atoms with Gasteiger partial charge in [-0.1, -0.05) is 20.3 Å². The highest BCUT2D eigenvalue weighted by atomic mass is 16.5. The van der Waals surface area contributed by atoms with Crippen LogP contribution in [0.1, 0.15) is 49.0 Å². The molecule has 1 heterocycles. The molecule has 0 radical (unpaired) electrons. The molecule has 1 unspecified atom stereocenters. The van der Waals surface area contributed by atoms with Crippen LogP contribution in [0.25, 0.3) is 0 Å². The van der Waals surface area contributed by atoms with Gasteiger partial charge in [-0.15, -0.1) is 0 Å². The van der Waals surface area contributed by atoms with Gasteiger partial charge in [-0.25, -0.2) is 4.79 Å². The van der Waals surface area contributed by atoms with E-state index in [0.717, 1.165) is 30.6 Å². The van der Waals surface area contributed by atoms with E-state index in [2.05, 4.69) is 13.8 Å². The summed E-state index contributed by atoms with van der Waals surface area (Å²) in [6.07, 6.45) is 3.44. The molecular formula is C14H18O3. The van der Waals surface area contributed by atoms with Crippen molar-refractivity contribution in [3.8, 4) is 5.75 Å². The SMILES string of the molecule is CCCC(CC)Oc1ccc2c(c1)COC2=O. The van der Waals surface area contributed by atoms with Crippen LogP contribution in [0.5, 0.6) is 5.75 Å². The smallest absolute Gasteiger partial charge is 0.338 e. The van der Waals surface area contributed by atoms with E-state index in [0.29, 0.717) is 12.2 Å². The summed E-state index contributed by atoms with van der Waals surface area (Å²) in [6, 6.07) is 5.56. The Hall–Kier alpha value is -1.51. The monoisotopic (exact) mass is 234 g/mol. The van der Waals surface area contributed by atoms with Crippen molar-refractivity contribution in [3.63, 3.8) is 0 Å². The Morgan fingerprint density at radius 1 is 1.41 bits per heavy atom. The molecule has 3 nitrogen and oxygen atoms in total. The van der Waals surface area contributed by atoms with Crippen LogP contribution in [0.2, 0.25) is 0 Å². The van der Waals surface area contributed by atoms with Crippen LogP contribution in [0.15, 0.2) is 18.2 Å². The molecule has 3 heteroatoms. The lowest BCUT2D eigenvalue weighted by Crippen LogP contribution is -2.14. The minimum atomic E-state index is -0.229. The van der Waals surface area contributed by atoms with Gasteiger partial charge < -0.3 is 9.47 Å². The molecule has 0 aliphatic carbocycles. The van der Waals surface area contributed by atoms with E-state index in [4.69, 9.17) is 9.47 Å². The molecule has 0 saturated carbocycles. The van der Waals surface area contributed by atoms with Gasteiger partial charge in [0.05, 0.1) is 11.7 Å². The summed E-state index contributed by atoms with van der Waals surface area (Å²) in [7, 11) is 0. The third kappa shape index (κ3) is 2.60. The van der Waals surface area contributed by atoms with E-state index in [-0.39, 0.29) is 12.1 Å². The van der Waals surface area contributed by atoms with Gasteiger partial charge in [0.15, 0.2) is 0 Å². The maximum Gasteiger partial charge on any atom is 0.338 e. The second-order valence-corrected chi connectivity index (χ2v) is 4.33. The van der Waals surface area contributed by atoms with Crippen LogP contribution >= 0.6 is 0 Å². The summed E-state index contributed by atoms with van der Waals surface area (Å²) in [4.78, 5) is 11.3. The highest BCUT2D eigenvalue weighted by molar-refractivity contribution is 5.93. The zero-order chi connectivity index (χ0) is 12.3. The fraction of sp³-hybridized carbons (Fsp3) is 0.500. The molecule has 0 spiro atoms. The third-order valence-corrected chi connectivity index (χ3v) is 3.02. The fourth-order valence-corrected chi connectivity index (χ4v) is 2.04. The van der Waals surface area contributed by atoms with Gasteiger partial charge in [-0.2, -0.15) is 0 Å². The second kappa shape index (κ2) is 5.21. The summed E-state index contributed by atoms with van der Waals surface area (Å²) >= 11 is 0. The maximum atomic E-state index is 11.3. The van der Waals surface area contributed by atoms with E-state index >= 15 is 0 Å². The topological polar surface area (TPSA) is 35.5 Å². The van der Waals surface area contributed by atoms with E-state index in [1.165, 1.54) is 0 Å². The lowest BCUT2D eigenvalue weighted by Gasteiger charge is -2.17. The van der Waals surface area contributed by atoms with Crippen LogP contribution in [0.4, 0.5) is 0 Å². The van der Waals surface area contributed by atoms with Gasteiger partial charge in [0.1, 0.15) is 12.4 Å². The first kappa shape index (κ1) is 12.0. The Morgan fingerprint density at radius 2 is 2.24 bits per heavy atom. The van der Waals surface area contributed by atoms with Crippen molar-refractivity contribution in [1.82, 2.24) is 0 Å². The zero-order valence-corrected chi connectivity index (χ0v) is 10.4. The molecular weight excluding hydrogens is 216 g/mol. The molecule has 0 fully saturated rings. The van der Waals surface area contributed by atoms with Crippen LogP contribution in [0.3, 0.4) is 0 Å². The molecule has 1 aliphatic heterocycles. The minimum absolute atomic E-state index is 0.229. The third-order valence-electron chi connectivity index (χ3n) is 3.02. The number of esters is 1. The highest BCUT2D eigenvalue weighted by Crippen LogP contribution is 2.26. The number of benzene rings is 1. The van der Waals surface area contributed by atoms with Crippen LogP contribution in [0, 0.1) is 0 Å². The molecule has 0 amide bonds. The van der Waals surface area contributed by atoms with Crippen molar-refractivity contribution >= 4 is 5.97 Å². The molecule has 0 saturated heterocycles. The van der Waals surface area contributed by atoms with Crippen molar-refractivity contribution in [1.29, 1.82) is 0 Å². The van der Waals surface area contributed by atoms with E-state index in [1.54, 1.807) is 6.07 Å². The summed E-state index contributed by atoms with van der Waals surface area (Å²) in [5, 5.41) is 0. The van der Waals surface area contributed by atoms with Crippen LogP contribution in [-0.2, 0) is 11.3 Å². The van der Waals surface area contributed by atoms with Gasteiger partial charge in [0.2, 0.25) is 0 Å². The van der Waals surface area contributed by atoms with Gasteiger partial charge in [-0.05, 0) is 31.0 Å². The lowest BCUT2D eigenvalue weighted by molar-refractivity contribution is 0.0535. The van der Waals surface area contributed by atoms with Gasteiger partial charge in [0, 0.05) is 5.56 Å². The molecule has 1 aliphatic rings. The van der Waals surface area contributed by atoms with Crippen LogP contribution < -0.4 is 4.74 Å². The summed E-state index contributed by atoms with van der Waals surface area (Å²) in [6.45, 7) is 4.65. The molecule has 1 atom stereocenters. The first-order chi connectivity index (χ1) is 8.24. The van der Waals surface area contributed by atoms with E-state index in [1.807, 2.05) is 12.1 Å². The average molecular weight is 234 g/mol. The Labute approximate surface area is 102 Å². The number of rotatable bonds is 5. The van der Waals surface area contributed by atoms with Crippen molar-refractivity contribution < 1.29 is 14.3 Å². The Balaban J connectivity index is 2.10. The van der Waals surface area contributed by atoms with Gasteiger partial charge in [-0.3, -0.25) is 0 Å². The van der Waals surface area contributed by atoms with Crippen molar-refractivity contribution in [2.24, 2.45) is 0 Å². The zero-order valence-electron chi connectivity index (χ0n) is 10.4. The quantitative estimate of drug-likeness (QED) is 0.733. The Bertz CT molecular complexity index is 412.